The van der Waals surface area contributed by atoms with Crippen molar-refractivity contribution >= 4 is 11.9 Å². The third-order valence-electron chi connectivity index (χ3n) is 2.12. The van der Waals surface area contributed by atoms with Crippen LogP contribution in [0.25, 0.3) is 0 Å². The molecule has 0 bridgehead atoms. The van der Waals surface area contributed by atoms with Gasteiger partial charge in [0.25, 0.3) is 0 Å². The maximum Gasteiger partial charge on any atom is 0.320 e. The average Bonchev–Trinajstić information content (AvgIpc) is 2.15. The van der Waals surface area contributed by atoms with Gasteiger partial charge in [0.1, 0.15) is 6.04 Å². The number of hydrogen-bond donors (Lipinski definition) is 3. The van der Waals surface area contributed by atoms with E-state index in [9.17, 15) is 9.59 Å². The predicted molar refractivity (Wildman–Crippen MR) is 57.4 cm³/mol. The van der Waals surface area contributed by atoms with Gasteiger partial charge in [0, 0.05) is 6.42 Å². The SMILES string of the molecule is CCCC(NCCCCC(N)=O)C(=O)O. The number of hydrogen-bond acceptors (Lipinski definition) is 3. The Kier molecular flexibility index (Phi) is 7.62. The molecule has 0 aromatic rings. The highest BCUT2D eigenvalue weighted by Crippen LogP contribution is 1.98. The molecule has 0 aliphatic carbocycles. The molecule has 5 heteroatoms. The van der Waals surface area contributed by atoms with E-state index >= 15 is 0 Å². The molecule has 0 fully saturated rings. The van der Waals surface area contributed by atoms with Crippen molar-refractivity contribution in [3.05, 3.63) is 0 Å². The number of amides is 1. The maximum atomic E-state index is 10.7. The van der Waals surface area contributed by atoms with Gasteiger partial charge in [-0.05, 0) is 25.8 Å². The largest absolute Gasteiger partial charge is 0.480 e. The second-order valence-electron chi connectivity index (χ2n) is 3.56. The molecule has 0 aliphatic heterocycles. The Labute approximate surface area is 90.0 Å². The van der Waals surface area contributed by atoms with Crippen LogP contribution < -0.4 is 11.1 Å². The van der Waals surface area contributed by atoms with Crippen molar-refractivity contribution < 1.29 is 14.7 Å². The van der Waals surface area contributed by atoms with E-state index in [1.54, 1.807) is 0 Å². The number of rotatable bonds is 9. The van der Waals surface area contributed by atoms with Gasteiger partial charge in [0.15, 0.2) is 0 Å². The molecule has 1 amide bonds. The molecule has 1 unspecified atom stereocenters. The summed E-state index contributed by atoms with van der Waals surface area (Å²) in [6, 6.07) is -0.469. The van der Waals surface area contributed by atoms with Crippen LogP contribution >= 0.6 is 0 Å². The topological polar surface area (TPSA) is 92.4 Å². The Balaban J connectivity index is 3.53. The minimum absolute atomic E-state index is 0.307. The van der Waals surface area contributed by atoms with Crippen LogP contribution in [0, 0.1) is 0 Å². The minimum atomic E-state index is -0.813. The van der Waals surface area contributed by atoms with Gasteiger partial charge in [-0.1, -0.05) is 13.3 Å². The van der Waals surface area contributed by atoms with Crippen molar-refractivity contribution in [1.82, 2.24) is 5.32 Å². The third-order valence-corrected chi connectivity index (χ3v) is 2.12. The number of carboxylic acids is 1. The number of carbonyl (C=O) groups is 2. The summed E-state index contributed by atoms with van der Waals surface area (Å²) in [5.74, 6) is -1.12. The van der Waals surface area contributed by atoms with Crippen LogP contribution in [0.5, 0.6) is 0 Å². The fraction of sp³-hybridized carbons (Fsp3) is 0.800. The number of carboxylic acid groups (broad SMARTS) is 1. The van der Waals surface area contributed by atoms with Crippen LogP contribution in [0.1, 0.15) is 39.0 Å². The lowest BCUT2D eigenvalue weighted by atomic mass is 10.1. The molecule has 0 aliphatic rings. The number of nitrogens with two attached hydrogens (primary N) is 1. The monoisotopic (exact) mass is 216 g/mol. The molecule has 0 saturated heterocycles. The fourth-order valence-electron chi connectivity index (χ4n) is 1.30. The van der Waals surface area contributed by atoms with Crippen molar-refractivity contribution in [2.24, 2.45) is 5.73 Å². The molecule has 1 atom stereocenters. The van der Waals surface area contributed by atoms with Gasteiger partial charge in [0.2, 0.25) is 5.91 Å². The standard InChI is InChI=1S/C10H20N2O3/c1-2-5-8(10(14)15)12-7-4-3-6-9(11)13/h8,12H,2-7H2,1H3,(H2,11,13)(H,14,15). The van der Waals surface area contributed by atoms with Crippen LogP contribution in [0.2, 0.25) is 0 Å². The first-order chi connectivity index (χ1) is 7.07. The Hall–Kier alpha value is -1.10. The summed E-state index contributed by atoms with van der Waals surface area (Å²) >= 11 is 0. The summed E-state index contributed by atoms with van der Waals surface area (Å²) in [6.07, 6.45) is 3.32. The Morgan fingerprint density at radius 3 is 2.53 bits per heavy atom. The third kappa shape index (κ3) is 7.93. The van der Waals surface area contributed by atoms with Crippen molar-refractivity contribution in [2.75, 3.05) is 6.54 Å². The smallest absolute Gasteiger partial charge is 0.320 e. The van der Waals surface area contributed by atoms with Gasteiger partial charge in [-0.15, -0.1) is 0 Å². The molecule has 88 valence electrons. The molecule has 0 heterocycles. The molecule has 4 N–H and O–H groups in total. The molecule has 0 aromatic carbocycles. The van der Waals surface area contributed by atoms with Gasteiger partial charge in [-0.25, -0.2) is 0 Å². The highest BCUT2D eigenvalue weighted by Gasteiger charge is 2.14. The molecule has 0 spiro atoms. The molecule has 0 radical (unpaired) electrons. The predicted octanol–water partition coefficient (Wildman–Crippen LogP) is 0.485. The van der Waals surface area contributed by atoms with Crippen LogP contribution in [-0.2, 0) is 9.59 Å². The zero-order valence-corrected chi connectivity index (χ0v) is 9.16. The lowest BCUT2D eigenvalue weighted by Gasteiger charge is -2.12. The van der Waals surface area contributed by atoms with Gasteiger partial charge in [-0.2, -0.15) is 0 Å². The average molecular weight is 216 g/mol. The molecule has 0 rings (SSSR count). The highest BCUT2D eigenvalue weighted by molar-refractivity contribution is 5.73. The van der Waals surface area contributed by atoms with E-state index in [-0.39, 0.29) is 5.91 Å². The second kappa shape index (κ2) is 8.23. The molecular formula is C10H20N2O3. The first kappa shape index (κ1) is 13.9. The van der Waals surface area contributed by atoms with E-state index in [0.29, 0.717) is 25.8 Å². The fourth-order valence-corrected chi connectivity index (χ4v) is 1.30. The molecule has 5 nitrogen and oxygen atoms in total. The summed E-state index contributed by atoms with van der Waals surface area (Å²) < 4.78 is 0. The summed E-state index contributed by atoms with van der Waals surface area (Å²) in [4.78, 5) is 21.1. The van der Waals surface area contributed by atoms with E-state index in [1.807, 2.05) is 6.92 Å². The summed E-state index contributed by atoms with van der Waals surface area (Å²) in [6.45, 7) is 2.56. The van der Waals surface area contributed by atoms with E-state index in [4.69, 9.17) is 10.8 Å². The van der Waals surface area contributed by atoms with Crippen LogP contribution in [0.4, 0.5) is 0 Å². The second-order valence-corrected chi connectivity index (χ2v) is 3.56. The Morgan fingerprint density at radius 1 is 1.40 bits per heavy atom. The van der Waals surface area contributed by atoms with E-state index in [2.05, 4.69) is 5.32 Å². The first-order valence-electron chi connectivity index (χ1n) is 5.32. The quantitative estimate of drug-likeness (QED) is 0.489. The van der Waals surface area contributed by atoms with E-state index in [1.165, 1.54) is 0 Å². The molecular weight excluding hydrogens is 196 g/mol. The summed E-state index contributed by atoms with van der Waals surface area (Å²) in [5.41, 5.74) is 4.98. The van der Waals surface area contributed by atoms with Gasteiger partial charge in [0.05, 0.1) is 0 Å². The van der Waals surface area contributed by atoms with E-state index in [0.717, 1.165) is 12.8 Å². The maximum absolute atomic E-state index is 10.7. The molecule has 15 heavy (non-hydrogen) atoms. The highest BCUT2D eigenvalue weighted by atomic mass is 16.4. The van der Waals surface area contributed by atoms with Crippen molar-refractivity contribution in [3.8, 4) is 0 Å². The number of primary amides is 1. The lowest BCUT2D eigenvalue weighted by Crippen LogP contribution is -2.37. The number of aliphatic carboxylic acids is 1. The van der Waals surface area contributed by atoms with Crippen LogP contribution in [-0.4, -0.2) is 29.6 Å². The van der Waals surface area contributed by atoms with Crippen molar-refractivity contribution in [2.45, 2.75) is 45.1 Å². The van der Waals surface area contributed by atoms with Crippen LogP contribution in [0.3, 0.4) is 0 Å². The van der Waals surface area contributed by atoms with Crippen molar-refractivity contribution in [1.29, 1.82) is 0 Å². The zero-order chi connectivity index (χ0) is 11.7. The number of carbonyl (C=O) groups excluding carboxylic acids is 1. The van der Waals surface area contributed by atoms with Gasteiger partial charge >= 0.3 is 5.97 Å². The lowest BCUT2D eigenvalue weighted by molar-refractivity contribution is -0.139. The van der Waals surface area contributed by atoms with Crippen LogP contribution in [0.15, 0.2) is 0 Å². The van der Waals surface area contributed by atoms with Gasteiger partial charge < -0.3 is 16.2 Å². The Morgan fingerprint density at radius 2 is 2.07 bits per heavy atom. The van der Waals surface area contributed by atoms with E-state index < -0.39 is 12.0 Å². The van der Waals surface area contributed by atoms with Gasteiger partial charge in [-0.3, -0.25) is 9.59 Å². The molecule has 0 aromatic heterocycles. The number of unbranched alkanes of at least 4 members (excludes halogenated alkanes) is 1. The number of nitrogens with one attached hydrogen (secondary N) is 1. The first-order valence-corrected chi connectivity index (χ1v) is 5.32. The minimum Gasteiger partial charge on any atom is -0.480 e. The molecule has 0 saturated carbocycles. The summed E-state index contributed by atoms with van der Waals surface area (Å²) in [7, 11) is 0. The summed E-state index contributed by atoms with van der Waals surface area (Å²) in [5, 5.41) is 11.8. The normalized spacial score (nSPS) is 12.3. The zero-order valence-electron chi connectivity index (χ0n) is 9.16. The van der Waals surface area contributed by atoms with Crippen molar-refractivity contribution in [3.63, 3.8) is 0 Å². The Bertz CT molecular complexity index is 207.